The van der Waals surface area contributed by atoms with E-state index in [0.29, 0.717) is 42.4 Å². The van der Waals surface area contributed by atoms with Crippen molar-refractivity contribution in [1.82, 2.24) is 10.2 Å². The standard InChI is InChI=1S/C30H34F3N3O4/c1-18-5-7-22(19(2)13-18)28-23-16-27(40-12-10-20-6-8-25(38-3)24(34)14-20)26(39-4)15-21(23)9-11-36(28)29(37)35-17-30(31,32)33/h5-8,13-16,28H,9-12,17,34H2,1-4H3,(H,35,37). The number of rotatable bonds is 8. The number of carbonyl (C=O) groups excluding carboxylic acids is 1. The highest BCUT2D eigenvalue weighted by molar-refractivity contribution is 5.76. The molecule has 1 aliphatic heterocycles. The van der Waals surface area contributed by atoms with Crippen LogP contribution in [0.1, 0.15) is 39.4 Å². The second-order valence-electron chi connectivity index (χ2n) is 9.86. The summed E-state index contributed by atoms with van der Waals surface area (Å²) in [6, 6.07) is 13.7. The number of urea groups is 1. The summed E-state index contributed by atoms with van der Waals surface area (Å²) in [5.41, 5.74) is 12.1. The largest absolute Gasteiger partial charge is 0.495 e. The number of nitrogens with zero attached hydrogens (tertiary/aromatic N) is 1. The number of carbonyl (C=O) groups is 1. The third-order valence-corrected chi connectivity index (χ3v) is 7.02. The fourth-order valence-electron chi connectivity index (χ4n) is 5.08. The Labute approximate surface area is 232 Å². The monoisotopic (exact) mass is 557 g/mol. The number of aryl methyl sites for hydroxylation is 2. The van der Waals surface area contributed by atoms with Crippen molar-refractivity contribution in [3.8, 4) is 17.2 Å². The van der Waals surface area contributed by atoms with Crippen LogP contribution in [0.2, 0.25) is 0 Å². The van der Waals surface area contributed by atoms with Gasteiger partial charge in [0.25, 0.3) is 0 Å². The van der Waals surface area contributed by atoms with Crippen molar-refractivity contribution >= 4 is 11.7 Å². The minimum Gasteiger partial charge on any atom is -0.495 e. The van der Waals surface area contributed by atoms with Crippen LogP contribution in [0.3, 0.4) is 0 Å². The molecule has 0 spiro atoms. The van der Waals surface area contributed by atoms with Crippen LogP contribution in [0.25, 0.3) is 0 Å². The maximum absolute atomic E-state index is 13.1. The van der Waals surface area contributed by atoms with Crippen LogP contribution in [0, 0.1) is 13.8 Å². The number of benzene rings is 3. The number of hydrogen-bond donors (Lipinski definition) is 2. The molecule has 0 saturated heterocycles. The summed E-state index contributed by atoms with van der Waals surface area (Å²) < 4.78 is 55.7. The summed E-state index contributed by atoms with van der Waals surface area (Å²) in [6.45, 7) is 3.07. The number of halogens is 3. The third kappa shape index (κ3) is 6.55. The molecule has 0 radical (unpaired) electrons. The van der Waals surface area contributed by atoms with Gasteiger partial charge < -0.3 is 30.2 Å². The van der Waals surface area contributed by atoms with Crippen molar-refractivity contribution < 1.29 is 32.2 Å². The van der Waals surface area contributed by atoms with E-state index >= 15 is 0 Å². The average molecular weight is 558 g/mol. The second kappa shape index (κ2) is 12.0. The Morgan fingerprint density at radius 1 is 1.00 bits per heavy atom. The van der Waals surface area contributed by atoms with Crippen LogP contribution in [0.5, 0.6) is 17.2 Å². The molecule has 1 aliphatic rings. The lowest BCUT2D eigenvalue weighted by molar-refractivity contribution is -0.123. The number of nitrogens with two attached hydrogens (primary N) is 1. The van der Waals surface area contributed by atoms with Gasteiger partial charge in [0.15, 0.2) is 11.5 Å². The molecule has 10 heteroatoms. The molecule has 0 aliphatic carbocycles. The van der Waals surface area contributed by atoms with E-state index in [2.05, 4.69) is 0 Å². The van der Waals surface area contributed by atoms with Crippen molar-refractivity contribution in [1.29, 1.82) is 0 Å². The highest BCUT2D eigenvalue weighted by atomic mass is 19.4. The summed E-state index contributed by atoms with van der Waals surface area (Å²) in [5.74, 6) is 1.62. The molecule has 1 atom stereocenters. The topological polar surface area (TPSA) is 86.0 Å². The van der Waals surface area contributed by atoms with Gasteiger partial charge in [-0.05, 0) is 72.4 Å². The van der Waals surface area contributed by atoms with Gasteiger partial charge >= 0.3 is 12.2 Å². The molecule has 3 N–H and O–H groups in total. The highest BCUT2D eigenvalue weighted by Crippen LogP contribution is 2.42. The molecule has 7 nitrogen and oxygen atoms in total. The quantitative estimate of drug-likeness (QED) is 0.345. The fourth-order valence-corrected chi connectivity index (χ4v) is 5.08. The molecule has 1 heterocycles. The molecule has 2 amide bonds. The first kappa shape index (κ1) is 28.9. The molecule has 3 aromatic rings. The van der Waals surface area contributed by atoms with Crippen LogP contribution in [0.4, 0.5) is 23.7 Å². The molecule has 0 aromatic heterocycles. The van der Waals surface area contributed by atoms with Gasteiger partial charge in [-0.25, -0.2) is 4.79 Å². The summed E-state index contributed by atoms with van der Waals surface area (Å²) in [5, 5.41) is 2.04. The summed E-state index contributed by atoms with van der Waals surface area (Å²) in [7, 11) is 3.11. The van der Waals surface area contributed by atoms with Crippen molar-refractivity contribution in [2.45, 2.75) is 38.9 Å². The van der Waals surface area contributed by atoms with Gasteiger partial charge in [0.1, 0.15) is 12.3 Å². The first-order valence-corrected chi connectivity index (χ1v) is 12.9. The summed E-state index contributed by atoms with van der Waals surface area (Å²) in [6.07, 6.45) is -3.49. The molecule has 214 valence electrons. The van der Waals surface area contributed by atoms with E-state index < -0.39 is 24.8 Å². The van der Waals surface area contributed by atoms with Crippen molar-refractivity contribution in [3.05, 3.63) is 81.9 Å². The van der Waals surface area contributed by atoms with Crippen LogP contribution >= 0.6 is 0 Å². The predicted molar refractivity (Wildman–Crippen MR) is 147 cm³/mol. The maximum Gasteiger partial charge on any atom is 0.405 e. The number of alkyl halides is 3. The van der Waals surface area contributed by atoms with E-state index in [1.54, 1.807) is 20.3 Å². The molecule has 0 bridgehead atoms. The minimum absolute atomic E-state index is 0.247. The number of nitrogen functional groups attached to an aromatic ring is 1. The van der Waals surface area contributed by atoms with Gasteiger partial charge in [0, 0.05) is 13.0 Å². The van der Waals surface area contributed by atoms with Crippen molar-refractivity contribution in [2.75, 3.05) is 39.6 Å². The number of methoxy groups -OCH3 is 2. The zero-order valence-corrected chi connectivity index (χ0v) is 23.0. The molecular weight excluding hydrogens is 523 g/mol. The fraction of sp³-hybridized carbons (Fsp3) is 0.367. The Morgan fingerprint density at radius 2 is 1.75 bits per heavy atom. The Hall–Kier alpha value is -4.08. The molecule has 4 rings (SSSR count). The lowest BCUT2D eigenvalue weighted by Crippen LogP contribution is -2.48. The molecule has 0 saturated carbocycles. The first-order valence-electron chi connectivity index (χ1n) is 12.9. The Balaban J connectivity index is 1.66. The molecular formula is C30H34F3N3O4. The first-order chi connectivity index (χ1) is 19.0. The third-order valence-electron chi connectivity index (χ3n) is 7.02. The number of ether oxygens (including phenoxy) is 3. The predicted octanol–water partition coefficient (Wildman–Crippen LogP) is 5.74. The maximum atomic E-state index is 13.1. The van der Waals surface area contributed by atoms with Gasteiger partial charge in [0.2, 0.25) is 0 Å². The van der Waals surface area contributed by atoms with E-state index in [0.717, 1.165) is 33.4 Å². The molecule has 0 fully saturated rings. The summed E-state index contributed by atoms with van der Waals surface area (Å²) >= 11 is 0. The van der Waals surface area contributed by atoms with Crippen LogP contribution < -0.4 is 25.3 Å². The van der Waals surface area contributed by atoms with Crippen molar-refractivity contribution in [2.24, 2.45) is 0 Å². The SMILES string of the molecule is COc1ccc(CCOc2cc3c(cc2OC)CCN(C(=O)NCC(F)(F)F)C3c2ccc(C)cc2C)cc1N. The number of anilines is 1. The zero-order chi connectivity index (χ0) is 29.0. The Bertz CT molecular complexity index is 1380. The highest BCUT2D eigenvalue weighted by Gasteiger charge is 2.36. The van der Waals surface area contributed by atoms with E-state index in [-0.39, 0.29) is 6.54 Å². The van der Waals surface area contributed by atoms with Crippen molar-refractivity contribution in [3.63, 3.8) is 0 Å². The number of amides is 2. The van der Waals surface area contributed by atoms with E-state index in [1.165, 1.54) is 4.90 Å². The summed E-state index contributed by atoms with van der Waals surface area (Å²) in [4.78, 5) is 14.5. The smallest absolute Gasteiger partial charge is 0.405 e. The van der Waals surface area contributed by atoms with Gasteiger partial charge in [-0.15, -0.1) is 0 Å². The Morgan fingerprint density at radius 3 is 2.40 bits per heavy atom. The second-order valence-corrected chi connectivity index (χ2v) is 9.86. The van der Waals surface area contributed by atoms with Crippen LogP contribution in [-0.4, -0.2) is 51.0 Å². The number of nitrogens with one attached hydrogen (secondary N) is 1. The normalized spacial score (nSPS) is 14.9. The van der Waals surface area contributed by atoms with Gasteiger partial charge in [-0.2, -0.15) is 13.2 Å². The minimum atomic E-state index is -4.51. The number of hydrogen-bond acceptors (Lipinski definition) is 5. The molecule has 40 heavy (non-hydrogen) atoms. The van der Waals surface area contributed by atoms with Crippen LogP contribution in [-0.2, 0) is 12.8 Å². The average Bonchev–Trinajstić information content (AvgIpc) is 2.90. The lowest BCUT2D eigenvalue weighted by Gasteiger charge is -2.39. The molecule has 3 aromatic carbocycles. The van der Waals surface area contributed by atoms with E-state index in [1.807, 2.05) is 61.6 Å². The molecule has 1 unspecified atom stereocenters. The van der Waals surface area contributed by atoms with E-state index in [4.69, 9.17) is 19.9 Å². The number of fused-ring (bicyclic) bond motifs is 1. The Kier molecular flexibility index (Phi) is 8.66. The van der Waals surface area contributed by atoms with Gasteiger partial charge in [0.05, 0.1) is 32.6 Å². The van der Waals surface area contributed by atoms with Crippen LogP contribution in [0.15, 0.2) is 48.5 Å². The zero-order valence-electron chi connectivity index (χ0n) is 23.0. The van der Waals surface area contributed by atoms with E-state index in [9.17, 15) is 18.0 Å². The van der Waals surface area contributed by atoms with Gasteiger partial charge in [-0.1, -0.05) is 29.8 Å². The lowest BCUT2D eigenvalue weighted by atomic mass is 9.85. The van der Waals surface area contributed by atoms with Gasteiger partial charge in [-0.3, -0.25) is 0 Å².